The summed E-state index contributed by atoms with van der Waals surface area (Å²) in [6.45, 7) is 5.25. The summed E-state index contributed by atoms with van der Waals surface area (Å²) < 4.78 is 1.13. The number of rotatable bonds is 6. The Morgan fingerprint density at radius 1 is 1.19 bits per heavy atom. The average Bonchev–Trinajstić information content (AvgIpc) is 2.32. The quantitative estimate of drug-likeness (QED) is 0.793. The number of hydrogen-bond acceptors (Lipinski definition) is 2. The van der Waals surface area contributed by atoms with Crippen LogP contribution in [0.15, 0.2) is 33.6 Å². The summed E-state index contributed by atoms with van der Waals surface area (Å²) in [4.78, 5) is 1.31. The van der Waals surface area contributed by atoms with Crippen molar-refractivity contribution in [2.24, 2.45) is 11.7 Å². The molecule has 1 aromatic rings. The van der Waals surface area contributed by atoms with Gasteiger partial charge in [-0.25, -0.2) is 0 Å². The van der Waals surface area contributed by atoms with Crippen molar-refractivity contribution in [3.05, 3.63) is 28.7 Å². The molecule has 0 aliphatic rings. The molecule has 0 aliphatic heterocycles. The normalized spacial score (nSPS) is 13.1. The van der Waals surface area contributed by atoms with Gasteiger partial charge in [0.1, 0.15) is 0 Å². The predicted molar refractivity (Wildman–Crippen MR) is 76.9 cm³/mol. The van der Waals surface area contributed by atoms with Crippen LogP contribution >= 0.6 is 27.7 Å². The summed E-state index contributed by atoms with van der Waals surface area (Å²) in [5.41, 5.74) is 5.87. The van der Waals surface area contributed by atoms with Gasteiger partial charge in [-0.15, -0.1) is 11.8 Å². The lowest BCUT2D eigenvalue weighted by Crippen LogP contribution is -2.25. The molecule has 0 aliphatic carbocycles. The van der Waals surface area contributed by atoms with Gasteiger partial charge in [0.15, 0.2) is 0 Å². The van der Waals surface area contributed by atoms with Crippen molar-refractivity contribution in [1.29, 1.82) is 0 Å². The van der Waals surface area contributed by atoms with Crippen molar-refractivity contribution in [3.63, 3.8) is 0 Å². The maximum absolute atomic E-state index is 5.87. The number of hydrogen-bond donors (Lipinski definition) is 1. The Bertz CT molecular complexity index is 295. The summed E-state index contributed by atoms with van der Waals surface area (Å²) in [7, 11) is 0. The van der Waals surface area contributed by atoms with Crippen molar-refractivity contribution in [2.45, 2.75) is 36.8 Å². The smallest absolute Gasteiger partial charge is 0.0245 e. The van der Waals surface area contributed by atoms with Crippen LogP contribution in [0.5, 0.6) is 0 Å². The first-order valence-electron chi connectivity index (χ1n) is 5.83. The van der Waals surface area contributed by atoms with Crippen molar-refractivity contribution in [3.8, 4) is 0 Å². The third-order valence-electron chi connectivity index (χ3n) is 2.91. The largest absolute Gasteiger partial charge is 0.329 e. The molecule has 1 nitrogen and oxygen atoms in total. The third kappa shape index (κ3) is 4.11. The molecular weight excluding hydrogens is 282 g/mol. The van der Waals surface area contributed by atoms with Gasteiger partial charge >= 0.3 is 0 Å². The third-order valence-corrected chi connectivity index (χ3v) is 4.86. The van der Waals surface area contributed by atoms with Gasteiger partial charge in [-0.3, -0.25) is 0 Å². The number of nitrogens with two attached hydrogens (primary N) is 1. The first kappa shape index (κ1) is 14.1. The van der Waals surface area contributed by atoms with E-state index < -0.39 is 0 Å². The zero-order chi connectivity index (χ0) is 12.0. The molecule has 16 heavy (non-hydrogen) atoms. The van der Waals surface area contributed by atoms with Crippen molar-refractivity contribution in [1.82, 2.24) is 0 Å². The highest BCUT2D eigenvalue weighted by molar-refractivity contribution is 9.10. The van der Waals surface area contributed by atoms with Gasteiger partial charge in [0.05, 0.1) is 0 Å². The highest BCUT2D eigenvalue weighted by atomic mass is 79.9. The Morgan fingerprint density at radius 2 is 1.75 bits per heavy atom. The van der Waals surface area contributed by atoms with Crippen molar-refractivity contribution in [2.75, 3.05) is 6.54 Å². The van der Waals surface area contributed by atoms with Gasteiger partial charge in [0, 0.05) is 21.2 Å². The maximum atomic E-state index is 5.87. The molecule has 0 saturated carbocycles. The second-order valence-electron chi connectivity index (χ2n) is 3.92. The molecule has 1 unspecified atom stereocenters. The van der Waals surface area contributed by atoms with Crippen LogP contribution in [0.3, 0.4) is 0 Å². The van der Waals surface area contributed by atoms with E-state index in [1.54, 1.807) is 0 Å². The fraction of sp³-hybridized carbons (Fsp3) is 0.538. The monoisotopic (exact) mass is 301 g/mol. The second kappa shape index (κ2) is 7.36. The number of thioether (sulfide) groups is 1. The lowest BCUT2D eigenvalue weighted by atomic mass is 9.99. The van der Waals surface area contributed by atoms with Crippen LogP contribution in [0.25, 0.3) is 0 Å². The molecule has 0 radical (unpaired) electrons. The first-order valence-corrected chi connectivity index (χ1v) is 7.50. The molecule has 90 valence electrons. The molecule has 1 rings (SSSR count). The fourth-order valence-electron chi connectivity index (χ4n) is 1.84. The Hall–Kier alpha value is 0.01000. The van der Waals surface area contributed by atoms with E-state index in [4.69, 9.17) is 5.73 Å². The van der Waals surface area contributed by atoms with Crippen molar-refractivity contribution >= 4 is 27.7 Å². The predicted octanol–water partition coefficient (Wildman–Crippen LogP) is 4.30. The van der Waals surface area contributed by atoms with E-state index in [0.717, 1.165) is 16.9 Å². The SMILES string of the molecule is CCC(CC)C(CN)Sc1ccc(Br)cc1. The highest BCUT2D eigenvalue weighted by Crippen LogP contribution is 2.31. The molecule has 0 aromatic heterocycles. The van der Waals surface area contributed by atoms with E-state index in [0.29, 0.717) is 5.25 Å². The minimum absolute atomic E-state index is 0.538. The topological polar surface area (TPSA) is 26.0 Å². The Balaban J connectivity index is 2.65. The molecular formula is C13H20BrNS. The maximum Gasteiger partial charge on any atom is 0.0245 e. The Labute approximate surface area is 111 Å². The lowest BCUT2D eigenvalue weighted by Gasteiger charge is -2.23. The second-order valence-corrected chi connectivity index (χ2v) is 6.15. The van der Waals surface area contributed by atoms with Gasteiger partial charge in [-0.1, -0.05) is 42.6 Å². The molecule has 3 heteroatoms. The van der Waals surface area contributed by atoms with Crippen LogP contribution in [-0.2, 0) is 0 Å². The Morgan fingerprint density at radius 3 is 2.19 bits per heavy atom. The van der Waals surface area contributed by atoms with Crippen LogP contribution < -0.4 is 5.73 Å². The number of benzene rings is 1. The first-order chi connectivity index (χ1) is 7.71. The zero-order valence-electron chi connectivity index (χ0n) is 9.95. The van der Waals surface area contributed by atoms with Crippen LogP contribution in [0, 0.1) is 5.92 Å². The highest BCUT2D eigenvalue weighted by Gasteiger charge is 2.17. The van der Waals surface area contributed by atoms with Crippen LogP contribution in [0.1, 0.15) is 26.7 Å². The molecule has 0 amide bonds. The number of halogens is 1. The van der Waals surface area contributed by atoms with Gasteiger partial charge in [0.25, 0.3) is 0 Å². The molecule has 0 bridgehead atoms. The van der Waals surface area contributed by atoms with E-state index in [9.17, 15) is 0 Å². The average molecular weight is 302 g/mol. The van der Waals surface area contributed by atoms with E-state index in [1.165, 1.54) is 17.7 Å². The van der Waals surface area contributed by atoms with E-state index in [2.05, 4.69) is 54.0 Å². The van der Waals surface area contributed by atoms with E-state index in [1.807, 2.05) is 11.8 Å². The molecule has 0 saturated heterocycles. The lowest BCUT2D eigenvalue weighted by molar-refractivity contribution is 0.475. The van der Waals surface area contributed by atoms with Crippen molar-refractivity contribution < 1.29 is 0 Å². The van der Waals surface area contributed by atoms with Gasteiger partial charge < -0.3 is 5.73 Å². The summed E-state index contributed by atoms with van der Waals surface area (Å²) in [6.07, 6.45) is 2.42. The minimum Gasteiger partial charge on any atom is -0.329 e. The molecule has 2 N–H and O–H groups in total. The summed E-state index contributed by atoms with van der Waals surface area (Å²) in [6, 6.07) is 8.48. The zero-order valence-corrected chi connectivity index (χ0v) is 12.4. The summed E-state index contributed by atoms with van der Waals surface area (Å²) >= 11 is 5.36. The molecule has 0 fully saturated rings. The summed E-state index contributed by atoms with van der Waals surface area (Å²) in [5, 5.41) is 0.538. The fourth-order valence-corrected chi connectivity index (χ4v) is 3.42. The molecule has 0 spiro atoms. The van der Waals surface area contributed by atoms with E-state index >= 15 is 0 Å². The van der Waals surface area contributed by atoms with Gasteiger partial charge in [-0.2, -0.15) is 0 Å². The van der Waals surface area contributed by atoms with Gasteiger partial charge in [0.2, 0.25) is 0 Å². The molecule has 1 atom stereocenters. The Kier molecular flexibility index (Phi) is 6.47. The van der Waals surface area contributed by atoms with Crippen LogP contribution in [0.4, 0.5) is 0 Å². The van der Waals surface area contributed by atoms with E-state index in [-0.39, 0.29) is 0 Å². The molecule has 0 heterocycles. The minimum atomic E-state index is 0.538. The standard InChI is InChI=1S/C13H20BrNS/c1-3-10(4-2)13(9-15)16-12-7-5-11(14)6-8-12/h5-8,10,13H,3-4,9,15H2,1-2H3. The summed E-state index contributed by atoms with van der Waals surface area (Å²) in [5.74, 6) is 0.721. The van der Waals surface area contributed by atoms with Crippen LogP contribution in [0.2, 0.25) is 0 Å². The molecule has 1 aromatic carbocycles. The van der Waals surface area contributed by atoms with Crippen LogP contribution in [-0.4, -0.2) is 11.8 Å². The van der Waals surface area contributed by atoms with Gasteiger partial charge in [-0.05, 0) is 30.2 Å².